The van der Waals surface area contributed by atoms with E-state index < -0.39 is 40.3 Å². The summed E-state index contributed by atoms with van der Waals surface area (Å²) in [7, 11) is 1.47. The first-order valence-electron chi connectivity index (χ1n) is 8.26. The van der Waals surface area contributed by atoms with Crippen molar-refractivity contribution < 1.29 is 33.8 Å². The summed E-state index contributed by atoms with van der Waals surface area (Å²) in [6, 6.07) is 7.61. The molecule has 9 nitrogen and oxygen atoms in total. The summed E-state index contributed by atoms with van der Waals surface area (Å²) < 4.78 is 10.4. The standard InChI is InChI=1S/C20H15NO8/c1-9-15(28-2)6-4-10-7-13(20(27)29-16(9)10)18(24)21-17(23)11-3-5-14(22)12(8-11)19(25)26/h3-8,22H,1-2H3,(H,25,26)(H,21,23,24). The molecule has 0 saturated carbocycles. The molecular formula is C20H15NO8. The zero-order chi connectivity index (χ0) is 21.3. The van der Waals surface area contributed by atoms with E-state index in [1.807, 2.05) is 5.32 Å². The van der Waals surface area contributed by atoms with E-state index in [0.717, 1.165) is 18.2 Å². The van der Waals surface area contributed by atoms with Crippen LogP contribution in [-0.2, 0) is 0 Å². The van der Waals surface area contributed by atoms with Crippen LogP contribution in [0.2, 0.25) is 0 Å². The van der Waals surface area contributed by atoms with Gasteiger partial charge in [-0.3, -0.25) is 14.9 Å². The van der Waals surface area contributed by atoms with Crippen molar-refractivity contribution in [3.8, 4) is 11.5 Å². The Kier molecular flexibility index (Phi) is 5.05. The number of phenols is 1. The number of amides is 2. The SMILES string of the molecule is COc1ccc2cc(C(=O)NC(=O)c3ccc(O)c(C(=O)O)c3)c(=O)oc2c1C. The minimum absolute atomic E-state index is 0.181. The molecule has 29 heavy (non-hydrogen) atoms. The second-order valence-corrected chi connectivity index (χ2v) is 6.08. The minimum Gasteiger partial charge on any atom is -0.507 e. The number of aromatic hydroxyl groups is 1. The highest BCUT2D eigenvalue weighted by molar-refractivity contribution is 6.11. The molecule has 0 bridgehead atoms. The topological polar surface area (TPSA) is 143 Å². The minimum atomic E-state index is -1.44. The van der Waals surface area contributed by atoms with Crippen LogP contribution in [0.5, 0.6) is 11.5 Å². The average Bonchev–Trinajstić information content (AvgIpc) is 2.68. The van der Waals surface area contributed by atoms with Crippen LogP contribution >= 0.6 is 0 Å². The molecule has 148 valence electrons. The van der Waals surface area contributed by atoms with Gasteiger partial charge in [0.2, 0.25) is 0 Å². The molecule has 9 heteroatoms. The zero-order valence-corrected chi connectivity index (χ0v) is 15.3. The molecule has 0 aliphatic heterocycles. The van der Waals surface area contributed by atoms with Crippen molar-refractivity contribution >= 4 is 28.8 Å². The maximum absolute atomic E-state index is 12.4. The fourth-order valence-corrected chi connectivity index (χ4v) is 2.78. The molecule has 0 atom stereocenters. The smallest absolute Gasteiger partial charge is 0.349 e. The Morgan fingerprint density at radius 2 is 1.76 bits per heavy atom. The fourth-order valence-electron chi connectivity index (χ4n) is 2.78. The third-order valence-corrected chi connectivity index (χ3v) is 4.28. The van der Waals surface area contributed by atoms with E-state index in [1.54, 1.807) is 19.1 Å². The number of imide groups is 1. The Labute approximate surface area is 163 Å². The van der Waals surface area contributed by atoms with E-state index in [1.165, 1.54) is 13.2 Å². The molecule has 3 rings (SSSR count). The molecule has 3 N–H and O–H groups in total. The summed E-state index contributed by atoms with van der Waals surface area (Å²) in [5, 5.41) is 21.0. The molecule has 2 amide bonds. The van der Waals surface area contributed by atoms with Crippen molar-refractivity contribution in [2.45, 2.75) is 6.92 Å². The number of carbonyl (C=O) groups is 3. The highest BCUT2D eigenvalue weighted by Crippen LogP contribution is 2.26. The molecule has 1 heterocycles. The monoisotopic (exact) mass is 397 g/mol. The predicted molar refractivity (Wildman–Crippen MR) is 101 cm³/mol. The average molecular weight is 397 g/mol. The Morgan fingerprint density at radius 3 is 2.41 bits per heavy atom. The van der Waals surface area contributed by atoms with Gasteiger partial charge in [0.15, 0.2) is 0 Å². The van der Waals surface area contributed by atoms with Gasteiger partial charge >= 0.3 is 11.6 Å². The summed E-state index contributed by atoms with van der Waals surface area (Å²) in [5.74, 6) is -3.41. The fraction of sp³-hybridized carbons (Fsp3) is 0.100. The molecule has 3 aromatic rings. The van der Waals surface area contributed by atoms with E-state index in [2.05, 4.69) is 0 Å². The maximum atomic E-state index is 12.4. The summed E-state index contributed by atoms with van der Waals surface area (Å²) in [6.07, 6.45) is 0. The number of hydrogen-bond donors (Lipinski definition) is 3. The number of ether oxygens (including phenoxy) is 1. The highest BCUT2D eigenvalue weighted by atomic mass is 16.5. The number of fused-ring (bicyclic) bond motifs is 1. The number of rotatable bonds is 4. The maximum Gasteiger partial charge on any atom is 0.349 e. The van der Waals surface area contributed by atoms with Crippen LogP contribution in [0, 0.1) is 6.92 Å². The van der Waals surface area contributed by atoms with E-state index in [0.29, 0.717) is 16.7 Å². The van der Waals surface area contributed by atoms with Crippen LogP contribution in [0.25, 0.3) is 11.0 Å². The molecule has 0 aliphatic rings. The van der Waals surface area contributed by atoms with Crippen LogP contribution in [0.3, 0.4) is 0 Å². The predicted octanol–water partition coefficient (Wildman–Crippen LogP) is 2.08. The lowest BCUT2D eigenvalue weighted by Gasteiger charge is -2.08. The van der Waals surface area contributed by atoms with Crippen LogP contribution in [-0.4, -0.2) is 35.1 Å². The van der Waals surface area contributed by atoms with Gasteiger partial charge in [0.25, 0.3) is 11.8 Å². The van der Waals surface area contributed by atoms with E-state index >= 15 is 0 Å². The summed E-state index contributed by atoms with van der Waals surface area (Å²) in [5.41, 5.74) is -1.19. The van der Waals surface area contributed by atoms with Crippen LogP contribution in [0.4, 0.5) is 0 Å². The Morgan fingerprint density at radius 1 is 1.03 bits per heavy atom. The number of benzene rings is 2. The number of carboxylic acids is 1. The van der Waals surface area contributed by atoms with Gasteiger partial charge in [-0.05, 0) is 43.3 Å². The molecule has 0 unspecified atom stereocenters. The van der Waals surface area contributed by atoms with E-state index in [9.17, 15) is 24.3 Å². The molecule has 0 aliphatic carbocycles. The van der Waals surface area contributed by atoms with Crippen molar-refractivity contribution in [3.63, 3.8) is 0 Å². The summed E-state index contributed by atoms with van der Waals surface area (Å²) in [4.78, 5) is 48.0. The third-order valence-electron chi connectivity index (χ3n) is 4.28. The van der Waals surface area contributed by atoms with Crippen LogP contribution < -0.4 is 15.7 Å². The Balaban J connectivity index is 1.93. The number of carboxylic acid groups (broad SMARTS) is 1. The molecule has 2 aromatic carbocycles. The Hall–Kier alpha value is -4.14. The summed E-state index contributed by atoms with van der Waals surface area (Å²) in [6.45, 7) is 1.69. The highest BCUT2D eigenvalue weighted by Gasteiger charge is 2.20. The second kappa shape index (κ2) is 7.47. The van der Waals surface area contributed by atoms with Gasteiger partial charge in [0.05, 0.1) is 7.11 Å². The summed E-state index contributed by atoms with van der Waals surface area (Å²) >= 11 is 0. The van der Waals surface area contributed by atoms with Gasteiger partial charge < -0.3 is 19.4 Å². The quantitative estimate of drug-likeness (QED) is 0.448. The van der Waals surface area contributed by atoms with Crippen LogP contribution in [0.1, 0.15) is 36.6 Å². The lowest BCUT2D eigenvalue weighted by atomic mass is 10.1. The third kappa shape index (κ3) is 3.65. The van der Waals surface area contributed by atoms with E-state index in [4.69, 9.17) is 14.3 Å². The molecule has 0 fully saturated rings. The molecule has 0 spiro atoms. The van der Waals surface area contributed by atoms with E-state index in [-0.39, 0.29) is 11.1 Å². The van der Waals surface area contributed by atoms with Crippen LogP contribution in [0.15, 0.2) is 45.6 Å². The van der Waals surface area contributed by atoms with Crippen molar-refractivity contribution in [1.82, 2.24) is 5.32 Å². The first kappa shape index (κ1) is 19.6. The molecule has 1 aromatic heterocycles. The number of nitrogens with one attached hydrogen (secondary N) is 1. The zero-order valence-electron chi connectivity index (χ0n) is 15.3. The van der Waals surface area contributed by atoms with Gasteiger partial charge in [-0.25, -0.2) is 9.59 Å². The number of hydrogen-bond acceptors (Lipinski definition) is 7. The van der Waals surface area contributed by atoms with Gasteiger partial charge in [0.1, 0.15) is 28.2 Å². The lowest BCUT2D eigenvalue weighted by Crippen LogP contribution is -2.33. The number of methoxy groups -OCH3 is 1. The molecule has 0 saturated heterocycles. The second-order valence-electron chi connectivity index (χ2n) is 6.08. The number of aryl methyl sites for hydroxylation is 1. The first-order chi connectivity index (χ1) is 13.7. The van der Waals surface area contributed by atoms with Crippen molar-refractivity contribution in [2.24, 2.45) is 0 Å². The largest absolute Gasteiger partial charge is 0.507 e. The van der Waals surface area contributed by atoms with Crippen molar-refractivity contribution in [3.05, 3.63) is 69.1 Å². The normalized spacial score (nSPS) is 10.6. The van der Waals surface area contributed by atoms with Gasteiger partial charge in [-0.1, -0.05) is 0 Å². The van der Waals surface area contributed by atoms with Crippen molar-refractivity contribution in [1.29, 1.82) is 0 Å². The Bertz CT molecular complexity index is 1230. The number of aromatic carboxylic acids is 1. The van der Waals surface area contributed by atoms with Gasteiger partial charge in [-0.15, -0.1) is 0 Å². The van der Waals surface area contributed by atoms with Gasteiger partial charge in [-0.2, -0.15) is 0 Å². The molecular weight excluding hydrogens is 382 g/mol. The lowest BCUT2D eigenvalue weighted by molar-refractivity contribution is 0.0693. The molecule has 0 radical (unpaired) electrons. The van der Waals surface area contributed by atoms with Gasteiger partial charge in [0, 0.05) is 16.5 Å². The number of carbonyl (C=O) groups excluding carboxylic acids is 2. The van der Waals surface area contributed by atoms with Crippen molar-refractivity contribution in [2.75, 3.05) is 7.11 Å². The first-order valence-corrected chi connectivity index (χ1v) is 8.26.